The van der Waals surface area contributed by atoms with Crippen LogP contribution < -0.4 is 15.8 Å². The standard InChI is InChI=1S/C29H35N7O5/c1-18-22-17-31-29(33-27(22)36(20-6-3-4-7-20)28(41)26(18)19(2)37)32-23-11-10-21(16-30-23)34-12-14-35(15-13-34)24(38)8-5-9-25(39)40/h10-11,16-17,20H,3-9,12-15H2,1-2H3,(H,39,40)(H,30,31,32,33). The van der Waals surface area contributed by atoms with Crippen LogP contribution in [0.4, 0.5) is 17.5 Å². The number of carboxylic acid groups (broad SMARTS) is 1. The van der Waals surface area contributed by atoms with Crippen molar-refractivity contribution in [1.29, 1.82) is 0 Å². The Kier molecular flexibility index (Phi) is 8.27. The number of nitrogens with zero attached hydrogens (tertiary/aromatic N) is 6. The van der Waals surface area contributed by atoms with Gasteiger partial charge in [-0.05, 0) is 50.8 Å². The van der Waals surface area contributed by atoms with Crippen LogP contribution in [0.1, 0.15) is 73.8 Å². The molecule has 5 rings (SSSR count). The van der Waals surface area contributed by atoms with Crippen molar-refractivity contribution in [3.63, 3.8) is 0 Å². The fraction of sp³-hybridized carbons (Fsp3) is 0.483. The first-order chi connectivity index (χ1) is 19.7. The molecule has 2 fully saturated rings. The SMILES string of the molecule is CC(=O)c1c(C)c2cnc(Nc3ccc(N4CCN(C(=O)CCCC(=O)O)CC4)cn3)nc2n(C2CCCC2)c1=O. The predicted molar refractivity (Wildman–Crippen MR) is 154 cm³/mol. The molecular weight excluding hydrogens is 526 g/mol. The van der Waals surface area contributed by atoms with Gasteiger partial charge in [-0.1, -0.05) is 12.8 Å². The van der Waals surface area contributed by atoms with Crippen LogP contribution in [0, 0.1) is 6.92 Å². The summed E-state index contributed by atoms with van der Waals surface area (Å²) < 4.78 is 1.69. The van der Waals surface area contributed by atoms with Gasteiger partial charge in [0.1, 0.15) is 11.5 Å². The molecular formula is C29H35N7O5. The molecule has 0 radical (unpaired) electrons. The summed E-state index contributed by atoms with van der Waals surface area (Å²) in [5.41, 5.74) is 1.96. The van der Waals surface area contributed by atoms with E-state index in [1.165, 1.54) is 6.92 Å². The van der Waals surface area contributed by atoms with Gasteiger partial charge in [0.2, 0.25) is 11.9 Å². The number of hydrogen-bond acceptors (Lipinski definition) is 9. The first-order valence-corrected chi connectivity index (χ1v) is 14.1. The van der Waals surface area contributed by atoms with Gasteiger partial charge in [-0.15, -0.1) is 0 Å². The van der Waals surface area contributed by atoms with Crippen molar-refractivity contribution >= 4 is 46.1 Å². The van der Waals surface area contributed by atoms with Crippen LogP contribution in [-0.4, -0.2) is 73.4 Å². The molecule has 12 heteroatoms. The van der Waals surface area contributed by atoms with E-state index in [0.717, 1.165) is 31.4 Å². The number of pyridine rings is 2. The van der Waals surface area contributed by atoms with Crippen LogP contribution in [0.2, 0.25) is 0 Å². The average molecular weight is 562 g/mol. The van der Waals surface area contributed by atoms with Crippen LogP contribution >= 0.6 is 0 Å². The molecule has 1 aliphatic heterocycles. The van der Waals surface area contributed by atoms with Gasteiger partial charge >= 0.3 is 5.97 Å². The number of piperazine rings is 1. The highest BCUT2D eigenvalue weighted by Crippen LogP contribution is 2.32. The van der Waals surface area contributed by atoms with Crippen molar-refractivity contribution in [2.75, 3.05) is 36.4 Å². The fourth-order valence-corrected chi connectivity index (χ4v) is 5.83. The molecule has 0 aromatic carbocycles. The molecule has 1 saturated heterocycles. The smallest absolute Gasteiger partial charge is 0.303 e. The van der Waals surface area contributed by atoms with Crippen LogP contribution in [0.15, 0.2) is 29.3 Å². The minimum absolute atomic E-state index is 0.00262. The predicted octanol–water partition coefficient (Wildman–Crippen LogP) is 3.46. The number of amides is 1. The summed E-state index contributed by atoms with van der Waals surface area (Å²) in [5.74, 6) is -0.287. The van der Waals surface area contributed by atoms with Crippen LogP contribution in [0.3, 0.4) is 0 Å². The topological polar surface area (TPSA) is 151 Å². The Morgan fingerprint density at radius 2 is 1.76 bits per heavy atom. The molecule has 4 heterocycles. The number of carbonyl (C=O) groups excluding carboxylic acids is 2. The highest BCUT2D eigenvalue weighted by Gasteiger charge is 2.26. The Morgan fingerprint density at radius 3 is 2.39 bits per heavy atom. The summed E-state index contributed by atoms with van der Waals surface area (Å²) in [6.07, 6.45) is 7.84. The Balaban J connectivity index is 1.29. The second kappa shape index (κ2) is 12.0. The van der Waals surface area contributed by atoms with Gasteiger partial charge < -0.3 is 20.2 Å². The molecule has 1 amide bonds. The Hall–Kier alpha value is -4.35. The summed E-state index contributed by atoms with van der Waals surface area (Å²) in [6.45, 7) is 5.66. The van der Waals surface area contributed by atoms with Crippen LogP contribution in [0.5, 0.6) is 0 Å². The van der Waals surface area contributed by atoms with Gasteiger partial charge in [0, 0.05) is 56.6 Å². The number of fused-ring (bicyclic) bond motifs is 1. The number of carboxylic acids is 1. The van der Waals surface area contributed by atoms with Gasteiger partial charge in [0.15, 0.2) is 5.78 Å². The number of ketones is 1. The maximum Gasteiger partial charge on any atom is 0.303 e. The number of aliphatic carboxylic acids is 1. The Morgan fingerprint density at radius 1 is 1.02 bits per heavy atom. The van der Waals surface area contributed by atoms with Crippen molar-refractivity contribution in [2.24, 2.45) is 0 Å². The summed E-state index contributed by atoms with van der Waals surface area (Å²) in [4.78, 5) is 66.4. The van der Waals surface area contributed by atoms with E-state index in [4.69, 9.17) is 10.1 Å². The minimum atomic E-state index is -0.886. The molecule has 12 nitrogen and oxygen atoms in total. The van der Waals surface area contributed by atoms with Crippen molar-refractivity contribution in [2.45, 2.75) is 64.8 Å². The minimum Gasteiger partial charge on any atom is -0.481 e. The molecule has 2 N–H and O–H groups in total. The van der Waals surface area contributed by atoms with Crippen LogP contribution in [0.25, 0.3) is 11.0 Å². The van der Waals surface area contributed by atoms with Gasteiger partial charge in [0.25, 0.3) is 5.56 Å². The lowest BCUT2D eigenvalue weighted by Gasteiger charge is -2.36. The number of hydrogen-bond donors (Lipinski definition) is 2. The van der Waals surface area contributed by atoms with E-state index in [9.17, 15) is 19.2 Å². The van der Waals surface area contributed by atoms with Crippen molar-refractivity contribution in [1.82, 2.24) is 24.4 Å². The highest BCUT2D eigenvalue weighted by molar-refractivity contribution is 5.99. The molecule has 0 spiro atoms. The van der Waals surface area contributed by atoms with Gasteiger partial charge in [-0.25, -0.2) is 9.97 Å². The summed E-state index contributed by atoms with van der Waals surface area (Å²) in [7, 11) is 0. The molecule has 3 aromatic rings. The number of carbonyl (C=O) groups is 3. The van der Waals surface area contributed by atoms with Crippen LogP contribution in [-0.2, 0) is 9.59 Å². The fourth-order valence-electron chi connectivity index (χ4n) is 5.83. The van der Waals surface area contributed by atoms with E-state index in [-0.39, 0.29) is 41.7 Å². The third kappa shape index (κ3) is 6.06. The average Bonchev–Trinajstić information content (AvgIpc) is 3.48. The molecule has 0 bridgehead atoms. The number of rotatable bonds is 9. The van der Waals surface area contributed by atoms with Crippen molar-refractivity contribution < 1.29 is 19.5 Å². The maximum atomic E-state index is 13.4. The molecule has 0 unspecified atom stereocenters. The van der Waals surface area contributed by atoms with E-state index in [1.54, 1.807) is 28.8 Å². The summed E-state index contributed by atoms with van der Waals surface area (Å²) >= 11 is 0. The number of aromatic nitrogens is 4. The summed E-state index contributed by atoms with van der Waals surface area (Å²) in [6, 6.07) is 3.78. The summed E-state index contributed by atoms with van der Waals surface area (Å²) in [5, 5.41) is 12.6. The maximum absolute atomic E-state index is 13.4. The van der Waals surface area contributed by atoms with E-state index in [0.29, 0.717) is 61.0 Å². The normalized spacial score (nSPS) is 15.9. The monoisotopic (exact) mass is 561 g/mol. The largest absolute Gasteiger partial charge is 0.481 e. The molecule has 1 saturated carbocycles. The number of anilines is 3. The zero-order valence-electron chi connectivity index (χ0n) is 23.4. The van der Waals surface area contributed by atoms with Gasteiger partial charge in [-0.2, -0.15) is 4.98 Å². The molecule has 3 aromatic heterocycles. The molecule has 216 valence electrons. The lowest BCUT2D eigenvalue weighted by molar-refractivity contribution is -0.137. The second-order valence-electron chi connectivity index (χ2n) is 10.7. The van der Waals surface area contributed by atoms with E-state index in [2.05, 4.69) is 20.2 Å². The van der Waals surface area contributed by atoms with Crippen molar-refractivity contribution in [3.05, 3.63) is 46.0 Å². The van der Waals surface area contributed by atoms with Gasteiger partial charge in [0.05, 0.1) is 17.4 Å². The van der Waals surface area contributed by atoms with Gasteiger partial charge in [-0.3, -0.25) is 23.7 Å². The number of Topliss-reactive ketones (excluding diaryl/α,β-unsaturated/α-hetero) is 1. The molecule has 41 heavy (non-hydrogen) atoms. The lowest BCUT2D eigenvalue weighted by Crippen LogP contribution is -2.48. The van der Waals surface area contributed by atoms with E-state index < -0.39 is 5.97 Å². The Bertz CT molecular complexity index is 1520. The quantitative estimate of drug-likeness (QED) is 0.372. The van der Waals surface area contributed by atoms with E-state index in [1.807, 2.05) is 12.1 Å². The third-order valence-corrected chi connectivity index (χ3v) is 8.02. The highest BCUT2D eigenvalue weighted by atomic mass is 16.4. The Labute approximate surface area is 237 Å². The zero-order chi connectivity index (χ0) is 29.1. The molecule has 1 aliphatic carbocycles. The molecule has 0 atom stereocenters. The first-order valence-electron chi connectivity index (χ1n) is 14.1. The van der Waals surface area contributed by atoms with E-state index >= 15 is 0 Å². The first kappa shape index (κ1) is 28.2. The number of aryl methyl sites for hydroxylation is 1. The second-order valence-corrected chi connectivity index (χ2v) is 10.7. The number of nitrogens with one attached hydrogen (secondary N) is 1. The third-order valence-electron chi connectivity index (χ3n) is 8.02. The zero-order valence-corrected chi connectivity index (χ0v) is 23.4. The van der Waals surface area contributed by atoms with Crippen molar-refractivity contribution in [3.8, 4) is 0 Å². The molecule has 2 aliphatic rings. The lowest BCUT2D eigenvalue weighted by atomic mass is 10.0.